The lowest BCUT2D eigenvalue weighted by Gasteiger charge is -2.20. The first-order chi connectivity index (χ1) is 9.19. The number of aryl methyl sites for hydroxylation is 1. The summed E-state index contributed by atoms with van der Waals surface area (Å²) in [7, 11) is 0. The van der Waals surface area contributed by atoms with E-state index in [1.54, 1.807) is 0 Å². The van der Waals surface area contributed by atoms with Crippen molar-refractivity contribution in [2.45, 2.75) is 45.7 Å². The third kappa shape index (κ3) is 4.06. The first kappa shape index (κ1) is 14.1. The number of hydrogen-bond donors (Lipinski definition) is 1. The maximum atomic E-state index is 11.0. The zero-order chi connectivity index (χ0) is 13.7. The van der Waals surface area contributed by atoms with Crippen LogP contribution >= 0.6 is 0 Å². The SMILES string of the molecule is CCn1nccc1CN1CCCC(CC(N)=O)CC1. The molecule has 2 heterocycles. The fourth-order valence-electron chi connectivity index (χ4n) is 2.88. The molecule has 2 rings (SSSR count). The van der Waals surface area contributed by atoms with Gasteiger partial charge in [0.15, 0.2) is 0 Å². The Bertz CT molecular complexity index is 415. The molecule has 1 fully saturated rings. The van der Waals surface area contributed by atoms with Crippen molar-refractivity contribution in [3.05, 3.63) is 18.0 Å². The smallest absolute Gasteiger partial charge is 0.217 e. The van der Waals surface area contributed by atoms with Crippen LogP contribution in [0.3, 0.4) is 0 Å². The van der Waals surface area contributed by atoms with E-state index in [1.807, 2.05) is 10.9 Å². The van der Waals surface area contributed by atoms with Gasteiger partial charge in [-0.05, 0) is 51.3 Å². The normalized spacial score (nSPS) is 21.2. The number of carbonyl (C=O) groups excluding carboxylic acids is 1. The molecule has 1 aromatic rings. The molecule has 0 bridgehead atoms. The fourth-order valence-corrected chi connectivity index (χ4v) is 2.88. The standard InChI is InChI=1S/C14H24N4O/c1-2-18-13(5-7-16-18)11-17-8-3-4-12(6-9-17)10-14(15)19/h5,7,12H,2-4,6,8-11H2,1H3,(H2,15,19). The molecule has 1 unspecified atom stereocenters. The summed E-state index contributed by atoms with van der Waals surface area (Å²) < 4.78 is 2.05. The molecule has 1 saturated heterocycles. The van der Waals surface area contributed by atoms with Crippen molar-refractivity contribution in [3.8, 4) is 0 Å². The minimum absolute atomic E-state index is 0.164. The second kappa shape index (κ2) is 6.70. The summed E-state index contributed by atoms with van der Waals surface area (Å²) >= 11 is 0. The summed E-state index contributed by atoms with van der Waals surface area (Å²) in [6.07, 6.45) is 5.75. The van der Waals surface area contributed by atoms with Crippen LogP contribution in [0.5, 0.6) is 0 Å². The first-order valence-electron chi connectivity index (χ1n) is 7.20. The van der Waals surface area contributed by atoms with E-state index in [4.69, 9.17) is 5.73 Å². The summed E-state index contributed by atoms with van der Waals surface area (Å²) in [6, 6.07) is 2.09. The van der Waals surface area contributed by atoms with Gasteiger partial charge in [0.25, 0.3) is 0 Å². The molecule has 1 aliphatic heterocycles. The van der Waals surface area contributed by atoms with Crippen molar-refractivity contribution in [2.24, 2.45) is 11.7 Å². The molecule has 0 saturated carbocycles. The molecular weight excluding hydrogens is 240 g/mol. The van der Waals surface area contributed by atoms with E-state index in [2.05, 4.69) is 23.0 Å². The number of likely N-dealkylation sites (tertiary alicyclic amines) is 1. The molecule has 1 aromatic heterocycles. The Morgan fingerprint density at radius 2 is 2.32 bits per heavy atom. The number of primary amides is 1. The second-order valence-electron chi connectivity index (χ2n) is 5.38. The van der Waals surface area contributed by atoms with Crippen molar-refractivity contribution in [1.82, 2.24) is 14.7 Å². The monoisotopic (exact) mass is 264 g/mol. The van der Waals surface area contributed by atoms with Gasteiger partial charge >= 0.3 is 0 Å². The molecule has 0 spiro atoms. The topological polar surface area (TPSA) is 64.2 Å². The lowest BCUT2D eigenvalue weighted by atomic mass is 9.97. The molecule has 0 aromatic carbocycles. The highest BCUT2D eigenvalue weighted by atomic mass is 16.1. The molecular formula is C14H24N4O. The molecule has 1 aliphatic rings. The van der Waals surface area contributed by atoms with E-state index >= 15 is 0 Å². The van der Waals surface area contributed by atoms with Gasteiger partial charge < -0.3 is 5.73 Å². The van der Waals surface area contributed by atoms with E-state index in [-0.39, 0.29) is 5.91 Å². The van der Waals surface area contributed by atoms with Crippen LogP contribution in [0.1, 0.15) is 38.3 Å². The molecule has 1 atom stereocenters. The Morgan fingerprint density at radius 3 is 3.05 bits per heavy atom. The Balaban J connectivity index is 1.87. The zero-order valence-electron chi connectivity index (χ0n) is 11.7. The minimum Gasteiger partial charge on any atom is -0.370 e. The van der Waals surface area contributed by atoms with Crippen LogP contribution in [0.25, 0.3) is 0 Å². The third-order valence-corrected chi connectivity index (χ3v) is 3.92. The van der Waals surface area contributed by atoms with E-state index in [9.17, 15) is 4.79 Å². The Morgan fingerprint density at radius 1 is 1.47 bits per heavy atom. The van der Waals surface area contributed by atoms with Crippen LogP contribution in [0, 0.1) is 5.92 Å². The molecule has 0 radical (unpaired) electrons. The van der Waals surface area contributed by atoms with Crippen LogP contribution < -0.4 is 5.73 Å². The first-order valence-corrected chi connectivity index (χ1v) is 7.20. The van der Waals surface area contributed by atoms with Gasteiger partial charge in [-0.15, -0.1) is 0 Å². The van der Waals surface area contributed by atoms with Gasteiger partial charge in [0, 0.05) is 25.7 Å². The van der Waals surface area contributed by atoms with Crippen molar-refractivity contribution >= 4 is 5.91 Å². The molecule has 0 aliphatic carbocycles. The Kier molecular flexibility index (Phi) is 4.96. The number of rotatable bonds is 5. The van der Waals surface area contributed by atoms with Crippen molar-refractivity contribution < 1.29 is 4.79 Å². The lowest BCUT2D eigenvalue weighted by molar-refractivity contribution is -0.119. The lowest BCUT2D eigenvalue weighted by Crippen LogP contribution is -2.26. The maximum Gasteiger partial charge on any atom is 0.217 e. The third-order valence-electron chi connectivity index (χ3n) is 3.92. The summed E-state index contributed by atoms with van der Waals surface area (Å²) in [4.78, 5) is 13.5. The zero-order valence-corrected chi connectivity index (χ0v) is 11.7. The second-order valence-corrected chi connectivity index (χ2v) is 5.38. The molecule has 106 valence electrons. The van der Waals surface area contributed by atoms with Crippen molar-refractivity contribution in [2.75, 3.05) is 13.1 Å². The highest BCUT2D eigenvalue weighted by Gasteiger charge is 2.19. The predicted molar refractivity (Wildman–Crippen MR) is 74.3 cm³/mol. The van der Waals surface area contributed by atoms with Crippen LogP contribution in [0.4, 0.5) is 0 Å². The van der Waals surface area contributed by atoms with Gasteiger partial charge in [0.2, 0.25) is 5.91 Å². The van der Waals surface area contributed by atoms with Crippen LogP contribution in [-0.4, -0.2) is 33.7 Å². The Hall–Kier alpha value is -1.36. The largest absolute Gasteiger partial charge is 0.370 e. The molecule has 19 heavy (non-hydrogen) atoms. The van der Waals surface area contributed by atoms with E-state index in [0.29, 0.717) is 12.3 Å². The van der Waals surface area contributed by atoms with Gasteiger partial charge in [0.05, 0.1) is 5.69 Å². The number of nitrogens with two attached hydrogens (primary N) is 1. The van der Waals surface area contributed by atoms with E-state index in [1.165, 1.54) is 5.69 Å². The number of aromatic nitrogens is 2. The highest BCUT2D eigenvalue weighted by Crippen LogP contribution is 2.21. The number of carbonyl (C=O) groups is 1. The van der Waals surface area contributed by atoms with Crippen molar-refractivity contribution in [1.29, 1.82) is 0 Å². The highest BCUT2D eigenvalue weighted by molar-refractivity contribution is 5.73. The van der Waals surface area contributed by atoms with Gasteiger partial charge in [-0.1, -0.05) is 0 Å². The summed E-state index contributed by atoms with van der Waals surface area (Å²) in [6.45, 7) is 6.14. The summed E-state index contributed by atoms with van der Waals surface area (Å²) in [5, 5.41) is 4.31. The minimum atomic E-state index is -0.164. The molecule has 1 amide bonds. The van der Waals surface area contributed by atoms with Gasteiger partial charge in [-0.2, -0.15) is 5.10 Å². The average molecular weight is 264 g/mol. The summed E-state index contributed by atoms with van der Waals surface area (Å²) in [5.41, 5.74) is 6.57. The molecule has 5 heteroatoms. The number of hydrogen-bond acceptors (Lipinski definition) is 3. The number of amides is 1. The van der Waals surface area contributed by atoms with Crippen LogP contribution in [0.15, 0.2) is 12.3 Å². The van der Waals surface area contributed by atoms with Crippen LogP contribution in [0.2, 0.25) is 0 Å². The van der Waals surface area contributed by atoms with Gasteiger partial charge in [0.1, 0.15) is 0 Å². The number of nitrogens with zero attached hydrogens (tertiary/aromatic N) is 3. The Labute approximate surface area is 114 Å². The quantitative estimate of drug-likeness (QED) is 0.874. The molecule has 5 nitrogen and oxygen atoms in total. The fraction of sp³-hybridized carbons (Fsp3) is 0.714. The average Bonchev–Trinajstić information content (AvgIpc) is 2.70. The molecule has 2 N–H and O–H groups in total. The van der Waals surface area contributed by atoms with Gasteiger partial charge in [-0.25, -0.2) is 0 Å². The maximum absolute atomic E-state index is 11.0. The summed E-state index contributed by atoms with van der Waals surface area (Å²) in [5.74, 6) is 0.307. The van der Waals surface area contributed by atoms with Crippen LogP contribution in [-0.2, 0) is 17.9 Å². The van der Waals surface area contributed by atoms with Crippen molar-refractivity contribution in [3.63, 3.8) is 0 Å². The van der Waals surface area contributed by atoms with E-state index in [0.717, 1.165) is 45.4 Å². The van der Waals surface area contributed by atoms with Gasteiger partial charge in [-0.3, -0.25) is 14.4 Å². The van der Waals surface area contributed by atoms with E-state index < -0.39 is 0 Å². The predicted octanol–water partition coefficient (Wildman–Crippen LogP) is 1.38.